The van der Waals surface area contributed by atoms with Crippen LogP contribution in [-0.2, 0) is 28.6 Å². The maximum absolute atomic E-state index is 12.8. The summed E-state index contributed by atoms with van der Waals surface area (Å²) in [6.07, 6.45) is 52.3. The second-order valence-electron chi connectivity index (χ2n) is 19.1. The largest absolute Gasteiger partial charge is 0.477 e. The van der Waals surface area contributed by atoms with Gasteiger partial charge in [0, 0.05) is 19.3 Å². The van der Waals surface area contributed by atoms with Gasteiger partial charge in [0.15, 0.2) is 12.1 Å². The highest BCUT2D eigenvalue weighted by Gasteiger charge is 2.31. The summed E-state index contributed by atoms with van der Waals surface area (Å²) >= 11 is 0. The number of unbranched alkanes of at least 4 members (excludes halogenated alkanes) is 30. The molecule has 1 N–H and O–H groups in total. The van der Waals surface area contributed by atoms with Gasteiger partial charge in [0.1, 0.15) is 6.61 Å². The third-order valence-corrected chi connectivity index (χ3v) is 12.1. The van der Waals surface area contributed by atoms with Gasteiger partial charge in [0.25, 0.3) is 0 Å². The molecule has 0 aromatic rings. The van der Waals surface area contributed by atoms with Crippen molar-refractivity contribution in [2.24, 2.45) is 0 Å². The van der Waals surface area contributed by atoms with Crippen molar-refractivity contribution in [2.75, 3.05) is 41.0 Å². The van der Waals surface area contributed by atoms with E-state index in [9.17, 15) is 19.5 Å². The second-order valence-corrected chi connectivity index (χ2v) is 19.1. The van der Waals surface area contributed by atoms with E-state index in [-0.39, 0.29) is 36.2 Å². The number of carbonyl (C=O) groups excluding carboxylic acids is 2. The van der Waals surface area contributed by atoms with Crippen LogP contribution >= 0.6 is 0 Å². The van der Waals surface area contributed by atoms with Crippen LogP contribution in [0.2, 0.25) is 0 Å². The molecular formula is C54H102NO7+. The minimum atomic E-state index is -0.873. The summed E-state index contributed by atoms with van der Waals surface area (Å²) in [5.41, 5.74) is 0. The molecule has 0 saturated carbocycles. The number of quaternary nitrogens is 1. The van der Waals surface area contributed by atoms with E-state index in [0.717, 1.165) is 38.5 Å². The summed E-state index contributed by atoms with van der Waals surface area (Å²) in [6.45, 7) is 4.76. The van der Waals surface area contributed by atoms with E-state index >= 15 is 0 Å². The van der Waals surface area contributed by atoms with Crippen LogP contribution in [0.5, 0.6) is 0 Å². The Morgan fingerprint density at radius 3 is 1.16 bits per heavy atom. The van der Waals surface area contributed by atoms with Crippen molar-refractivity contribution in [3.63, 3.8) is 0 Å². The molecular weight excluding hydrogens is 775 g/mol. The van der Waals surface area contributed by atoms with E-state index in [2.05, 4.69) is 38.2 Å². The number of esters is 2. The first kappa shape index (κ1) is 59.8. The second kappa shape index (κ2) is 45.4. The van der Waals surface area contributed by atoms with Gasteiger partial charge in [0.2, 0.25) is 0 Å². The number of hydrogen-bond acceptors (Lipinski definition) is 6. The van der Waals surface area contributed by atoms with Gasteiger partial charge in [-0.3, -0.25) is 9.59 Å². The first-order chi connectivity index (χ1) is 30.1. The third kappa shape index (κ3) is 43.1. The zero-order valence-electron chi connectivity index (χ0n) is 41.6. The number of aliphatic carboxylic acids is 1. The molecule has 0 aromatic carbocycles. The average molecular weight is 877 g/mol. The van der Waals surface area contributed by atoms with Crippen molar-refractivity contribution in [1.29, 1.82) is 0 Å². The maximum atomic E-state index is 12.8. The number of allylic oxidation sites excluding steroid dienone is 4. The van der Waals surface area contributed by atoms with E-state index in [1.807, 2.05) is 21.1 Å². The van der Waals surface area contributed by atoms with Gasteiger partial charge in [-0.1, -0.05) is 192 Å². The van der Waals surface area contributed by atoms with E-state index in [4.69, 9.17) is 14.2 Å². The lowest BCUT2D eigenvalue weighted by molar-refractivity contribution is -0.887. The fourth-order valence-electron chi connectivity index (χ4n) is 7.97. The summed E-state index contributed by atoms with van der Waals surface area (Å²) in [4.78, 5) is 37.2. The van der Waals surface area contributed by atoms with Crippen LogP contribution in [0.4, 0.5) is 0 Å². The molecule has 0 heterocycles. The topological polar surface area (TPSA) is 99.1 Å². The lowest BCUT2D eigenvalue weighted by atomic mass is 10.1. The van der Waals surface area contributed by atoms with E-state index in [1.165, 1.54) is 180 Å². The first-order valence-corrected chi connectivity index (χ1v) is 26.4. The molecule has 0 amide bonds. The van der Waals surface area contributed by atoms with Crippen LogP contribution in [0.3, 0.4) is 0 Å². The molecule has 0 aliphatic carbocycles. The normalized spacial score (nSPS) is 13.0. The van der Waals surface area contributed by atoms with Gasteiger partial charge in [-0.05, 0) is 64.2 Å². The van der Waals surface area contributed by atoms with Crippen LogP contribution < -0.4 is 0 Å². The molecule has 8 heteroatoms. The van der Waals surface area contributed by atoms with Crippen LogP contribution in [0.25, 0.3) is 0 Å². The van der Waals surface area contributed by atoms with Gasteiger partial charge < -0.3 is 23.8 Å². The molecule has 0 aliphatic rings. The number of likely N-dealkylation sites (N-methyl/N-ethyl adjacent to an activating group) is 1. The number of carbonyl (C=O) groups is 3. The fourth-order valence-corrected chi connectivity index (χ4v) is 7.97. The smallest absolute Gasteiger partial charge is 0.362 e. The fraction of sp³-hybridized carbons (Fsp3) is 0.870. The average Bonchev–Trinajstić information content (AvgIpc) is 3.23. The molecule has 0 radical (unpaired) electrons. The molecule has 0 aliphatic heterocycles. The summed E-state index contributed by atoms with van der Waals surface area (Å²) in [5.74, 6) is -1.46. The van der Waals surface area contributed by atoms with Crippen molar-refractivity contribution >= 4 is 17.9 Å². The summed E-state index contributed by atoms with van der Waals surface area (Å²) in [7, 11) is 5.54. The van der Waals surface area contributed by atoms with Crippen molar-refractivity contribution in [2.45, 2.75) is 264 Å². The standard InChI is InChI=1S/C54H101NO7/c1-6-8-10-12-14-16-18-20-22-24-25-26-27-29-31-33-35-37-39-41-43-45-53(57)62-50(48-60-47-46-51(54(58)59)55(3,4)5)49-61-52(56)44-42-40-38-36-34-32-30-28-23-21-19-17-15-13-11-9-7-2/h21,23,26-27,50-51H,6-20,22,24-25,28-49H2,1-5H3/p+1/b23-21+,27-26+. The molecule has 0 spiro atoms. The van der Waals surface area contributed by atoms with Gasteiger partial charge in [0.05, 0.1) is 34.4 Å². The quantitative estimate of drug-likeness (QED) is 0.0281. The number of carboxylic acid groups (broad SMARTS) is 1. The molecule has 0 aromatic heterocycles. The molecule has 0 fully saturated rings. The Labute approximate surface area is 383 Å². The molecule has 62 heavy (non-hydrogen) atoms. The molecule has 2 atom stereocenters. The summed E-state index contributed by atoms with van der Waals surface area (Å²) in [6, 6.07) is -0.614. The zero-order chi connectivity index (χ0) is 45.6. The number of rotatable bonds is 48. The molecule has 0 saturated heterocycles. The predicted octanol–water partition coefficient (Wildman–Crippen LogP) is 15.2. The Kier molecular flexibility index (Phi) is 43.8. The predicted molar refractivity (Wildman–Crippen MR) is 262 cm³/mol. The van der Waals surface area contributed by atoms with Crippen LogP contribution in [-0.4, -0.2) is 80.6 Å². The molecule has 0 rings (SSSR count). The van der Waals surface area contributed by atoms with Crippen LogP contribution in [0, 0.1) is 0 Å². The number of ether oxygens (including phenoxy) is 3. The number of hydrogen-bond donors (Lipinski definition) is 1. The molecule has 364 valence electrons. The van der Waals surface area contributed by atoms with Crippen molar-refractivity contribution in [3.05, 3.63) is 24.3 Å². The maximum Gasteiger partial charge on any atom is 0.362 e. The lowest BCUT2D eigenvalue weighted by Crippen LogP contribution is -2.50. The van der Waals surface area contributed by atoms with Gasteiger partial charge in [-0.25, -0.2) is 4.79 Å². The van der Waals surface area contributed by atoms with Crippen molar-refractivity contribution in [3.8, 4) is 0 Å². The molecule has 0 bridgehead atoms. The highest BCUT2D eigenvalue weighted by molar-refractivity contribution is 5.72. The SMILES string of the molecule is CCCCCCCC/C=C/CCCCCCCCCC(=O)OCC(COCCC(C(=O)O)[N+](C)(C)C)OC(=O)CCCCCCCCC/C=C/CCCCCCCCCCCC. The highest BCUT2D eigenvalue weighted by Crippen LogP contribution is 2.16. The Balaban J connectivity index is 4.22. The van der Waals surface area contributed by atoms with Crippen LogP contribution in [0.1, 0.15) is 251 Å². The Morgan fingerprint density at radius 1 is 0.468 bits per heavy atom. The first-order valence-electron chi connectivity index (χ1n) is 26.4. The van der Waals surface area contributed by atoms with E-state index in [0.29, 0.717) is 19.3 Å². The third-order valence-electron chi connectivity index (χ3n) is 12.1. The number of nitrogens with zero attached hydrogens (tertiary/aromatic N) is 1. The van der Waals surface area contributed by atoms with Crippen LogP contribution in [0.15, 0.2) is 24.3 Å². The molecule has 8 nitrogen and oxygen atoms in total. The number of carboxylic acids is 1. The van der Waals surface area contributed by atoms with E-state index in [1.54, 1.807) is 0 Å². The Hall–Kier alpha value is -2.19. The summed E-state index contributed by atoms with van der Waals surface area (Å²) < 4.78 is 17.4. The Bertz CT molecular complexity index is 1070. The van der Waals surface area contributed by atoms with E-state index < -0.39 is 18.1 Å². The minimum Gasteiger partial charge on any atom is -0.477 e. The van der Waals surface area contributed by atoms with Crippen molar-refractivity contribution in [1.82, 2.24) is 0 Å². The highest BCUT2D eigenvalue weighted by atomic mass is 16.6. The monoisotopic (exact) mass is 877 g/mol. The lowest BCUT2D eigenvalue weighted by Gasteiger charge is -2.31. The summed E-state index contributed by atoms with van der Waals surface area (Å²) in [5, 5.41) is 9.65. The van der Waals surface area contributed by atoms with Gasteiger partial charge >= 0.3 is 17.9 Å². The Morgan fingerprint density at radius 2 is 0.806 bits per heavy atom. The van der Waals surface area contributed by atoms with Crippen molar-refractivity contribution < 1.29 is 38.2 Å². The molecule has 2 unspecified atom stereocenters. The van der Waals surface area contributed by atoms with Gasteiger partial charge in [-0.2, -0.15) is 0 Å². The zero-order valence-corrected chi connectivity index (χ0v) is 41.6. The minimum absolute atomic E-state index is 0.0514. The van der Waals surface area contributed by atoms with Gasteiger partial charge in [-0.15, -0.1) is 0 Å².